The normalized spacial score (nSPS) is 9.06. The van der Waals surface area contributed by atoms with Crippen LogP contribution < -0.4 is 0 Å². The second-order valence-corrected chi connectivity index (χ2v) is 3.27. The second kappa shape index (κ2) is 6.21. The monoisotopic (exact) mass is 235 g/mol. The molecule has 7 nitrogen and oxygen atoms in total. The standard InChI is InChI=1S/C7H6N4O.C3H7NO/c12-5(6-8-1-2-9-6)7-10-3-4-11-7;1-4(2)3-5/h1-4H,(H,8,9)(H,10,11);3H,1-2H3. The number of carbonyl (C=O) groups is 2. The lowest BCUT2D eigenvalue weighted by atomic mass is 10.3. The van der Waals surface area contributed by atoms with Crippen molar-refractivity contribution >= 4 is 12.2 Å². The molecule has 2 aromatic rings. The van der Waals surface area contributed by atoms with Gasteiger partial charge in [-0.1, -0.05) is 0 Å². The van der Waals surface area contributed by atoms with Crippen molar-refractivity contribution in [3.63, 3.8) is 0 Å². The summed E-state index contributed by atoms with van der Waals surface area (Å²) in [7, 11) is 3.38. The largest absolute Gasteiger partial charge is 0.351 e. The van der Waals surface area contributed by atoms with Gasteiger partial charge in [-0.25, -0.2) is 9.97 Å². The fourth-order valence-corrected chi connectivity index (χ4v) is 0.891. The molecule has 0 fully saturated rings. The lowest BCUT2D eigenvalue weighted by Crippen LogP contribution is -2.06. The lowest BCUT2D eigenvalue weighted by Gasteiger charge is -1.93. The third kappa shape index (κ3) is 3.90. The molecule has 0 saturated carbocycles. The van der Waals surface area contributed by atoms with Crippen molar-refractivity contribution in [3.8, 4) is 0 Å². The average molecular weight is 235 g/mol. The van der Waals surface area contributed by atoms with Crippen molar-refractivity contribution in [3.05, 3.63) is 36.4 Å². The van der Waals surface area contributed by atoms with Gasteiger partial charge in [0.15, 0.2) is 11.6 Å². The topological polar surface area (TPSA) is 94.7 Å². The minimum atomic E-state index is -0.231. The highest BCUT2D eigenvalue weighted by Crippen LogP contribution is 1.98. The van der Waals surface area contributed by atoms with Crippen LogP contribution >= 0.6 is 0 Å². The number of ketones is 1. The number of aromatic nitrogens is 4. The van der Waals surface area contributed by atoms with Crippen LogP contribution in [0.1, 0.15) is 16.4 Å². The Morgan fingerprint density at radius 1 is 1.18 bits per heavy atom. The van der Waals surface area contributed by atoms with E-state index in [2.05, 4.69) is 19.9 Å². The first-order valence-electron chi connectivity index (χ1n) is 4.80. The summed E-state index contributed by atoms with van der Waals surface area (Å²) in [5, 5.41) is 0. The minimum Gasteiger partial charge on any atom is -0.351 e. The third-order valence-electron chi connectivity index (χ3n) is 1.64. The zero-order valence-corrected chi connectivity index (χ0v) is 9.54. The molecule has 7 heteroatoms. The van der Waals surface area contributed by atoms with Gasteiger partial charge in [0.2, 0.25) is 6.41 Å². The summed E-state index contributed by atoms with van der Waals surface area (Å²) in [6.07, 6.45) is 6.98. The van der Waals surface area contributed by atoms with Gasteiger partial charge in [-0.05, 0) is 0 Å². The maximum absolute atomic E-state index is 11.4. The number of nitrogens with zero attached hydrogens (tertiary/aromatic N) is 3. The molecule has 2 rings (SSSR count). The molecule has 17 heavy (non-hydrogen) atoms. The first-order valence-corrected chi connectivity index (χ1v) is 4.80. The molecule has 0 bridgehead atoms. The van der Waals surface area contributed by atoms with Crippen LogP contribution in [0.3, 0.4) is 0 Å². The van der Waals surface area contributed by atoms with Crippen LogP contribution in [0.15, 0.2) is 24.8 Å². The van der Waals surface area contributed by atoms with Gasteiger partial charge in [0.05, 0.1) is 0 Å². The predicted octanol–water partition coefficient (Wildman–Crippen LogP) is 0.0682. The molecule has 2 aromatic heterocycles. The number of amides is 1. The summed E-state index contributed by atoms with van der Waals surface area (Å²) in [6, 6.07) is 0. The Kier molecular flexibility index (Phi) is 4.61. The van der Waals surface area contributed by atoms with Crippen molar-refractivity contribution in [2.45, 2.75) is 0 Å². The van der Waals surface area contributed by atoms with Crippen molar-refractivity contribution < 1.29 is 9.59 Å². The van der Waals surface area contributed by atoms with E-state index in [9.17, 15) is 9.59 Å². The molecule has 0 saturated heterocycles. The van der Waals surface area contributed by atoms with Crippen LogP contribution in [0.4, 0.5) is 0 Å². The van der Waals surface area contributed by atoms with Gasteiger partial charge in [0.1, 0.15) is 0 Å². The van der Waals surface area contributed by atoms with Crippen molar-refractivity contribution in [2.75, 3.05) is 14.1 Å². The zero-order chi connectivity index (χ0) is 12.7. The highest BCUT2D eigenvalue weighted by Gasteiger charge is 2.12. The van der Waals surface area contributed by atoms with E-state index in [1.165, 1.54) is 17.3 Å². The SMILES string of the molecule is CN(C)C=O.O=C(c1ncc[nH]1)c1ncc[nH]1. The van der Waals surface area contributed by atoms with E-state index in [1.54, 1.807) is 26.5 Å². The number of nitrogens with one attached hydrogen (secondary N) is 2. The Morgan fingerprint density at radius 3 is 1.82 bits per heavy atom. The van der Waals surface area contributed by atoms with Crippen molar-refractivity contribution in [2.24, 2.45) is 0 Å². The number of hydrogen-bond acceptors (Lipinski definition) is 4. The molecule has 0 spiro atoms. The lowest BCUT2D eigenvalue weighted by molar-refractivity contribution is -0.115. The summed E-state index contributed by atoms with van der Waals surface area (Å²) in [4.78, 5) is 35.3. The minimum absolute atomic E-state index is 0.231. The highest BCUT2D eigenvalue weighted by atomic mass is 16.1. The number of carbonyl (C=O) groups excluding carboxylic acids is 2. The molecule has 2 N–H and O–H groups in total. The summed E-state index contributed by atoms with van der Waals surface area (Å²) in [5.74, 6) is 0.361. The molecular formula is C10H13N5O2. The Bertz CT molecular complexity index is 411. The van der Waals surface area contributed by atoms with E-state index in [4.69, 9.17) is 0 Å². The van der Waals surface area contributed by atoms with Crippen molar-refractivity contribution in [1.82, 2.24) is 24.8 Å². The van der Waals surface area contributed by atoms with E-state index in [-0.39, 0.29) is 5.78 Å². The van der Waals surface area contributed by atoms with Gasteiger partial charge in [-0.15, -0.1) is 0 Å². The summed E-state index contributed by atoms with van der Waals surface area (Å²) in [6.45, 7) is 0. The molecule has 90 valence electrons. The molecule has 1 amide bonds. The molecular weight excluding hydrogens is 222 g/mol. The van der Waals surface area contributed by atoms with Crippen LogP contribution in [0, 0.1) is 0 Å². The summed E-state index contributed by atoms with van der Waals surface area (Å²) >= 11 is 0. The molecule has 2 heterocycles. The smallest absolute Gasteiger partial charge is 0.263 e. The van der Waals surface area contributed by atoms with Gasteiger partial charge in [-0.2, -0.15) is 0 Å². The third-order valence-corrected chi connectivity index (χ3v) is 1.64. The van der Waals surface area contributed by atoms with Gasteiger partial charge in [-0.3, -0.25) is 9.59 Å². The number of rotatable bonds is 3. The van der Waals surface area contributed by atoms with E-state index in [0.29, 0.717) is 11.6 Å². The molecule has 0 radical (unpaired) electrons. The summed E-state index contributed by atoms with van der Waals surface area (Å²) < 4.78 is 0. The van der Waals surface area contributed by atoms with Gasteiger partial charge in [0.25, 0.3) is 5.78 Å². The fraction of sp³-hybridized carbons (Fsp3) is 0.200. The maximum atomic E-state index is 11.4. The molecule has 0 aliphatic heterocycles. The zero-order valence-electron chi connectivity index (χ0n) is 9.54. The molecule has 0 atom stereocenters. The number of aromatic amines is 2. The van der Waals surface area contributed by atoms with Gasteiger partial charge < -0.3 is 14.9 Å². The van der Waals surface area contributed by atoms with Crippen LogP contribution in [-0.4, -0.2) is 51.1 Å². The fourth-order valence-electron chi connectivity index (χ4n) is 0.891. The molecule has 0 aromatic carbocycles. The number of H-pyrrole nitrogens is 2. The Hall–Kier alpha value is -2.44. The van der Waals surface area contributed by atoms with E-state index < -0.39 is 0 Å². The number of imidazole rings is 2. The molecule has 0 aliphatic rings. The predicted molar refractivity (Wildman–Crippen MR) is 60.4 cm³/mol. The molecule has 0 aliphatic carbocycles. The van der Waals surface area contributed by atoms with Crippen LogP contribution in [0.5, 0.6) is 0 Å². The highest BCUT2D eigenvalue weighted by molar-refractivity contribution is 6.03. The maximum Gasteiger partial charge on any atom is 0.263 e. The average Bonchev–Trinajstić information content (AvgIpc) is 3.01. The first kappa shape index (κ1) is 12.6. The number of hydrogen-bond donors (Lipinski definition) is 2. The van der Waals surface area contributed by atoms with Crippen LogP contribution in [-0.2, 0) is 4.79 Å². The van der Waals surface area contributed by atoms with Crippen LogP contribution in [0.25, 0.3) is 0 Å². The van der Waals surface area contributed by atoms with E-state index in [1.807, 2.05) is 0 Å². The van der Waals surface area contributed by atoms with E-state index >= 15 is 0 Å². The van der Waals surface area contributed by atoms with Gasteiger partial charge >= 0.3 is 0 Å². The quantitative estimate of drug-likeness (QED) is 0.581. The summed E-state index contributed by atoms with van der Waals surface area (Å²) in [5.41, 5.74) is 0. The van der Waals surface area contributed by atoms with Crippen LogP contribution in [0.2, 0.25) is 0 Å². The Morgan fingerprint density at radius 2 is 1.59 bits per heavy atom. The first-order chi connectivity index (χ1) is 8.15. The Labute approximate surface area is 97.9 Å². The van der Waals surface area contributed by atoms with Crippen molar-refractivity contribution in [1.29, 1.82) is 0 Å². The second-order valence-electron chi connectivity index (χ2n) is 3.27. The Balaban J connectivity index is 0.000000249. The molecule has 0 unspecified atom stereocenters. The van der Waals surface area contributed by atoms with Gasteiger partial charge in [0, 0.05) is 38.9 Å². The van der Waals surface area contributed by atoms with E-state index in [0.717, 1.165) is 6.41 Å².